The minimum absolute atomic E-state index is 0.0431. The molecule has 1 amide bonds. The van der Waals surface area contributed by atoms with Gasteiger partial charge in [-0.15, -0.1) is 0 Å². The highest BCUT2D eigenvalue weighted by molar-refractivity contribution is 5.94. The van der Waals surface area contributed by atoms with Crippen molar-refractivity contribution < 1.29 is 9.90 Å². The van der Waals surface area contributed by atoms with Gasteiger partial charge in [0.25, 0.3) is 5.91 Å². The Morgan fingerprint density at radius 1 is 1.09 bits per heavy atom. The molecule has 2 aromatic rings. The Morgan fingerprint density at radius 3 is 2.39 bits per heavy atom. The van der Waals surface area contributed by atoms with Crippen molar-refractivity contribution in [3.63, 3.8) is 0 Å². The zero-order valence-electron chi connectivity index (χ0n) is 13.9. The highest BCUT2D eigenvalue weighted by Gasteiger charge is 2.04. The van der Waals surface area contributed by atoms with E-state index in [1.54, 1.807) is 0 Å². The van der Waals surface area contributed by atoms with Crippen LogP contribution in [0.1, 0.15) is 46.0 Å². The molecule has 0 aliphatic carbocycles. The number of benzene rings is 2. The molecule has 0 bridgehead atoms. The van der Waals surface area contributed by atoms with Crippen molar-refractivity contribution in [3.05, 3.63) is 64.2 Å². The van der Waals surface area contributed by atoms with Crippen LogP contribution in [0, 0.1) is 13.8 Å². The van der Waals surface area contributed by atoms with Gasteiger partial charge in [0, 0.05) is 12.1 Å². The van der Waals surface area contributed by atoms with Gasteiger partial charge in [-0.25, -0.2) is 0 Å². The van der Waals surface area contributed by atoms with Crippen LogP contribution < -0.4 is 5.32 Å². The van der Waals surface area contributed by atoms with Crippen molar-refractivity contribution in [2.24, 2.45) is 0 Å². The highest BCUT2D eigenvalue weighted by atomic mass is 16.3. The van der Waals surface area contributed by atoms with E-state index in [2.05, 4.69) is 5.32 Å². The normalized spacial score (nSPS) is 10.9. The minimum Gasteiger partial charge on any atom is -0.507 e. The summed E-state index contributed by atoms with van der Waals surface area (Å²) < 4.78 is 0. The quantitative estimate of drug-likeness (QED) is 0.808. The van der Waals surface area contributed by atoms with Crippen LogP contribution in [0.4, 0.5) is 0 Å². The number of aryl methyl sites for hydroxylation is 2. The van der Waals surface area contributed by atoms with Gasteiger partial charge in [-0.05, 0) is 66.8 Å². The second-order valence-electron chi connectivity index (χ2n) is 5.72. The van der Waals surface area contributed by atoms with E-state index in [4.69, 9.17) is 0 Å². The van der Waals surface area contributed by atoms with Crippen LogP contribution in [-0.4, -0.2) is 17.6 Å². The van der Waals surface area contributed by atoms with Gasteiger partial charge < -0.3 is 10.4 Å². The van der Waals surface area contributed by atoms with E-state index < -0.39 is 0 Å². The maximum atomic E-state index is 12.0. The topological polar surface area (TPSA) is 49.3 Å². The molecule has 0 heterocycles. The molecule has 0 spiro atoms. The molecule has 0 saturated carbocycles. The molecule has 0 unspecified atom stereocenters. The maximum Gasteiger partial charge on any atom is 0.251 e. The van der Waals surface area contributed by atoms with Gasteiger partial charge in [0.2, 0.25) is 0 Å². The second-order valence-corrected chi connectivity index (χ2v) is 5.72. The van der Waals surface area contributed by atoms with E-state index in [0.29, 0.717) is 17.9 Å². The van der Waals surface area contributed by atoms with E-state index >= 15 is 0 Å². The predicted octanol–water partition coefficient (Wildman–Crippen LogP) is 4.32. The van der Waals surface area contributed by atoms with Crippen LogP contribution in [0.2, 0.25) is 0 Å². The van der Waals surface area contributed by atoms with Crippen LogP contribution in [-0.2, 0) is 0 Å². The fourth-order valence-electron chi connectivity index (χ4n) is 2.40. The number of aromatic hydroxyl groups is 1. The third-order valence-electron chi connectivity index (χ3n) is 3.67. The van der Waals surface area contributed by atoms with Crippen LogP contribution in [0.3, 0.4) is 0 Å². The van der Waals surface area contributed by atoms with E-state index in [9.17, 15) is 9.90 Å². The van der Waals surface area contributed by atoms with Crippen LogP contribution in [0.25, 0.3) is 12.2 Å². The monoisotopic (exact) mass is 309 g/mol. The third kappa shape index (κ3) is 4.46. The van der Waals surface area contributed by atoms with E-state index in [1.807, 2.05) is 69.3 Å². The lowest BCUT2D eigenvalue weighted by Crippen LogP contribution is -2.23. The van der Waals surface area contributed by atoms with E-state index in [0.717, 1.165) is 28.7 Å². The number of amides is 1. The number of nitrogens with one attached hydrogen (secondary N) is 1. The molecule has 0 aromatic heterocycles. The highest BCUT2D eigenvalue weighted by Crippen LogP contribution is 2.24. The van der Waals surface area contributed by atoms with E-state index in [1.165, 1.54) is 0 Å². The number of carbonyl (C=O) groups is 1. The Labute approximate surface area is 137 Å². The molecule has 3 heteroatoms. The first-order valence-electron chi connectivity index (χ1n) is 7.88. The Balaban J connectivity index is 2.18. The van der Waals surface area contributed by atoms with Crippen LogP contribution >= 0.6 is 0 Å². The molecule has 3 nitrogen and oxygen atoms in total. The molecular formula is C20H23NO2. The van der Waals surface area contributed by atoms with Crippen molar-refractivity contribution in [3.8, 4) is 5.75 Å². The lowest BCUT2D eigenvalue weighted by Gasteiger charge is -2.05. The SMILES string of the molecule is CCCNC(=O)c1cccc(C=Cc2cc(C)c(O)c(C)c2)c1. The number of carbonyl (C=O) groups excluding carboxylic acids is 1. The smallest absolute Gasteiger partial charge is 0.251 e. The molecule has 120 valence electrons. The number of hydrogen-bond acceptors (Lipinski definition) is 2. The first kappa shape index (κ1) is 16.8. The van der Waals surface area contributed by atoms with Gasteiger partial charge in [-0.3, -0.25) is 4.79 Å². The zero-order chi connectivity index (χ0) is 16.8. The molecule has 2 aromatic carbocycles. The fourth-order valence-corrected chi connectivity index (χ4v) is 2.40. The number of phenols is 1. The minimum atomic E-state index is -0.0431. The van der Waals surface area contributed by atoms with Crippen LogP contribution in [0.5, 0.6) is 5.75 Å². The lowest BCUT2D eigenvalue weighted by atomic mass is 10.0. The van der Waals surface area contributed by atoms with Crippen molar-refractivity contribution in [1.29, 1.82) is 0 Å². The summed E-state index contributed by atoms with van der Waals surface area (Å²) in [6, 6.07) is 11.4. The first-order chi connectivity index (χ1) is 11.0. The second kappa shape index (κ2) is 7.63. The molecule has 2 rings (SSSR count). The molecule has 0 aliphatic rings. The number of hydrogen-bond donors (Lipinski definition) is 2. The average Bonchev–Trinajstić information content (AvgIpc) is 2.55. The number of rotatable bonds is 5. The zero-order valence-corrected chi connectivity index (χ0v) is 13.9. The molecule has 23 heavy (non-hydrogen) atoms. The summed E-state index contributed by atoms with van der Waals surface area (Å²) in [5.74, 6) is 0.301. The summed E-state index contributed by atoms with van der Waals surface area (Å²) in [5, 5.41) is 12.7. The maximum absolute atomic E-state index is 12.0. The largest absolute Gasteiger partial charge is 0.507 e. The summed E-state index contributed by atoms with van der Waals surface area (Å²) in [5.41, 5.74) is 4.38. The van der Waals surface area contributed by atoms with Gasteiger partial charge in [-0.1, -0.05) is 31.2 Å². The molecule has 0 atom stereocenters. The van der Waals surface area contributed by atoms with Crippen LogP contribution in [0.15, 0.2) is 36.4 Å². The Bertz CT molecular complexity index is 709. The van der Waals surface area contributed by atoms with E-state index in [-0.39, 0.29) is 5.91 Å². The van der Waals surface area contributed by atoms with Crippen molar-refractivity contribution in [2.75, 3.05) is 6.54 Å². The average molecular weight is 309 g/mol. The Morgan fingerprint density at radius 2 is 1.74 bits per heavy atom. The van der Waals surface area contributed by atoms with Crippen molar-refractivity contribution in [2.45, 2.75) is 27.2 Å². The first-order valence-corrected chi connectivity index (χ1v) is 7.88. The summed E-state index contributed by atoms with van der Waals surface area (Å²) in [6.07, 6.45) is 4.88. The van der Waals surface area contributed by atoms with Gasteiger partial charge in [-0.2, -0.15) is 0 Å². The van der Waals surface area contributed by atoms with Gasteiger partial charge in [0.15, 0.2) is 0 Å². The molecule has 0 aliphatic heterocycles. The fraction of sp³-hybridized carbons (Fsp3) is 0.250. The predicted molar refractivity (Wildman–Crippen MR) is 95.6 cm³/mol. The summed E-state index contributed by atoms with van der Waals surface area (Å²) in [4.78, 5) is 12.0. The summed E-state index contributed by atoms with van der Waals surface area (Å²) in [6.45, 7) is 6.49. The number of phenolic OH excluding ortho intramolecular Hbond substituents is 1. The molecule has 0 saturated heterocycles. The Kier molecular flexibility index (Phi) is 5.58. The van der Waals surface area contributed by atoms with Gasteiger partial charge >= 0.3 is 0 Å². The van der Waals surface area contributed by atoms with Gasteiger partial charge in [0.05, 0.1) is 0 Å². The molecule has 0 radical (unpaired) electrons. The molecule has 0 fully saturated rings. The standard InChI is InChI=1S/C20H23NO2/c1-4-10-21-20(23)18-7-5-6-16(13-18)8-9-17-11-14(2)19(22)15(3)12-17/h5-9,11-13,22H,4,10H2,1-3H3,(H,21,23). The van der Waals surface area contributed by atoms with Gasteiger partial charge in [0.1, 0.15) is 5.75 Å². The lowest BCUT2D eigenvalue weighted by molar-refractivity contribution is 0.0953. The summed E-state index contributed by atoms with van der Waals surface area (Å²) in [7, 11) is 0. The van der Waals surface area contributed by atoms with Crippen molar-refractivity contribution >= 4 is 18.1 Å². The molecular weight excluding hydrogens is 286 g/mol. The third-order valence-corrected chi connectivity index (χ3v) is 3.67. The van der Waals surface area contributed by atoms with Crippen molar-refractivity contribution in [1.82, 2.24) is 5.32 Å². The Hall–Kier alpha value is -2.55. The summed E-state index contributed by atoms with van der Waals surface area (Å²) >= 11 is 0. The molecule has 2 N–H and O–H groups in total.